The number of rotatable bonds is 7. The van der Waals surface area contributed by atoms with Crippen molar-refractivity contribution in [3.63, 3.8) is 0 Å². The molecule has 3 fully saturated rings. The first-order valence-corrected chi connectivity index (χ1v) is 13.6. The molecule has 4 aliphatic rings. The fraction of sp³-hybridized carbons (Fsp3) is 0.433. The Bertz CT molecular complexity index is 1440. The summed E-state index contributed by atoms with van der Waals surface area (Å²) in [5, 5.41) is 14.5. The number of amidine groups is 1. The van der Waals surface area contributed by atoms with Crippen molar-refractivity contribution in [3.8, 4) is 22.4 Å². The largest absolute Gasteiger partial charge is 0.389 e. The van der Waals surface area contributed by atoms with E-state index in [4.69, 9.17) is 4.99 Å². The average molecular weight is 514 g/mol. The third kappa shape index (κ3) is 4.16. The molecule has 1 aromatic heterocycles. The Morgan fingerprint density at radius 2 is 1.76 bits per heavy atom. The van der Waals surface area contributed by atoms with Gasteiger partial charge in [0.2, 0.25) is 0 Å². The van der Waals surface area contributed by atoms with Crippen LogP contribution in [0.2, 0.25) is 0 Å². The lowest BCUT2D eigenvalue weighted by Crippen LogP contribution is -2.41. The maximum atomic E-state index is 15.6. The van der Waals surface area contributed by atoms with Gasteiger partial charge in [0.1, 0.15) is 17.2 Å². The van der Waals surface area contributed by atoms with Gasteiger partial charge in [0.25, 0.3) is 5.91 Å². The molecule has 3 aromatic rings. The number of nitrogens with zero attached hydrogens (tertiary/aromatic N) is 5. The second-order valence-corrected chi connectivity index (χ2v) is 11.6. The number of hydrogen-bond acceptors (Lipinski definition) is 5. The minimum absolute atomic E-state index is 0.0148. The number of aliphatic hydroxyl groups is 1. The Hall–Kier alpha value is -3.36. The predicted molar refractivity (Wildman–Crippen MR) is 143 cm³/mol. The van der Waals surface area contributed by atoms with E-state index >= 15 is 4.39 Å². The normalized spacial score (nSPS) is 23.3. The first-order valence-electron chi connectivity index (χ1n) is 13.6. The molecule has 1 unspecified atom stereocenters. The van der Waals surface area contributed by atoms with Crippen molar-refractivity contribution in [2.75, 3.05) is 26.2 Å². The number of aryl methyl sites for hydroxylation is 1. The number of amides is 1. The number of likely N-dealkylation sites (tertiary alicyclic amines) is 1. The van der Waals surface area contributed by atoms with Crippen molar-refractivity contribution in [1.82, 2.24) is 19.6 Å². The molecule has 7 nitrogen and oxygen atoms in total. The van der Waals surface area contributed by atoms with E-state index in [-0.39, 0.29) is 11.7 Å². The molecule has 1 amide bonds. The molecule has 2 aliphatic carbocycles. The lowest BCUT2D eigenvalue weighted by atomic mass is 10.0. The molecule has 38 heavy (non-hydrogen) atoms. The number of halogens is 1. The molecule has 1 spiro atoms. The minimum Gasteiger partial charge on any atom is -0.389 e. The van der Waals surface area contributed by atoms with Gasteiger partial charge in [-0.25, -0.2) is 4.39 Å². The SMILES string of the molecule is Cn1nccc1-c1ccc(-c2ccc(C3=NC4(CC4)C(=O)N3CC3CCN(CC4(O)CC4)C3)c(F)c2)cc1. The average Bonchev–Trinajstić information content (AvgIpc) is 3.71. The first-order chi connectivity index (χ1) is 18.3. The maximum absolute atomic E-state index is 15.6. The molecule has 0 bridgehead atoms. The van der Waals surface area contributed by atoms with Crippen molar-refractivity contribution in [2.24, 2.45) is 18.0 Å². The van der Waals surface area contributed by atoms with Crippen LogP contribution in [0.5, 0.6) is 0 Å². The van der Waals surface area contributed by atoms with Crippen molar-refractivity contribution in [3.05, 3.63) is 66.1 Å². The second kappa shape index (κ2) is 8.58. The number of carbonyl (C=O) groups is 1. The van der Waals surface area contributed by atoms with Crippen molar-refractivity contribution >= 4 is 11.7 Å². The minimum atomic E-state index is -0.677. The number of carbonyl (C=O) groups excluding carboxylic acids is 1. The van der Waals surface area contributed by atoms with Crippen LogP contribution in [0.1, 0.15) is 37.7 Å². The number of β-amino-alcohol motifs (C(OH)–C–C–N with tert-alkyl or cyclic N) is 1. The van der Waals surface area contributed by atoms with Gasteiger partial charge in [-0.3, -0.25) is 19.4 Å². The smallest absolute Gasteiger partial charge is 0.256 e. The molecule has 8 heteroatoms. The molecule has 7 rings (SSSR count). The van der Waals surface area contributed by atoms with Gasteiger partial charge in [-0.15, -0.1) is 0 Å². The highest BCUT2D eigenvalue weighted by molar-refractivity contribution is 6.16. The monoisotopic (exact) mass is 513 g/mol. The van der Waals surface area contributed by atoms with Gasteiger partial charge >= 0.3 is 0 Å². The van der Waals surface area contributed by atoms with E-state index in [1.165, 1.54) is 0 Å². The van der Waals surface area contributed by atoms with E-state index in [1.807, 2.05) is 48.1 Å². The summed E-state index contributed by atoms with van der Waals surface area (Å²) < 4.78 is 17.4. The van der Waals surface area contributed by atoms with Crippen LogP contribution in [0.15, 0.2) is 59.7 Å². The first kappa shape index (κ1) is 23.7. The molecule has 1 N–H and O–H groups in total. The zero-order valence-corrected chi connectivity index (χ0v) is 21.6. The Morgan fingerprint density at radius 1 is 1.03 bits per heavy atom. The summed E-state index contributed by atoms with van der Waals surface area (Å²) in [5.74, 6) is 0.417. The molecular formula is C30H32FN5O2. The van der Waals surface area contributed by atoms with Gasteiger partial charge in [-0.05, 0) is 79.5 Å². The van der Waals surface area contributed by atoms with E-state index in [1.54, 1.807) is 23.2 Å². The van der Waals surface area contributed by atoms with Crippen LogP contribution in [-0.2, 0) is 11.8 Å². The molecule has 196 valence electrons. The Balaban J connectivity index is 1.11. The summed E-state index contributed by atoms with van der Waals surface area (Å²) in [6.45, 7) is 3.03. The Morgan fingerprint density at radius 3 is 2.42 bits per heavy atom. The predicted octanol–water partition coefficient (Wildman–Crippen LogP) is 3.86. The lowest BCUT2D eigenvalue weighted by molar-refractivity contribution is -0.128. The van der Waals surface area contributed by atoms with Gasteiger partial charge in [0.05, 0.1) is 16.9 Å². The third-order valence-electron chi connectivity index (χ3n) is 8.64. The Labute approximate surface area is 221 Å². The highest BCUT2D eigenvalue weighted by atomic mass is 19.1. The van der Waals surface area contributed by atoms with Crippen LogP contribution in [0, 0.1) is 11.7 Å². The summed E-state index contributed by atoms with van der Waals surface area (Å²) in [6, 6.07) is 15.2. The Kier molecular flexibility index (Phi) is 5.36. The second-order valence-electron chi connectivity index (χ2n) is 11.6. The fourth-order valence-electron chi connectivity index (χ4n) is 6.03. The van der Waals surface area contributed by atoms with Gasteiger partial charge in [-0.2, -0.15) is 5.10 Å². The van der Waals surface area contributed by atoms with Crippen molar-refractivity contribution < 1.29 is 14.3 Å². The summed E-state index contributed by atoms with van der Waals surface area (Å²) in [5.41, 5.74) is 2.97. The molecule has 3 heterocycles. The van der Waals surface area contributed by atoms with Crippen LogP contribution < -0.4 is 0 Å². The van der Waals surface area contributed by atoms with Crippen LogP contribution in [0.3, 0.4) is 0 Å². The topological polar surface area (TPSA) is 74.0 Å². The van der Waals surface area contributed by atoms with E-state index in [9.17, 15) is 9.90 Å². The number of hydrogen-bond donors (Lipinski definition) is 1. The highest BCUT2D eigenvalue weighted by Crippen LogP contribution is 2.46. The zero-order chi connectivity index (χ0) is 26.1. The van der Waals surface area contributed by atoms with Crippen molar-refractivity contribution in [2.45, 2.75) is 43.2 Å². The maximum Gasteiger partial charge on any atom is 0.256 e. The molecule has 2 aromatic carbocycles. The lowest BCUT2D eigenvalue weighted by Gasteiger charge is -2.24. The van der Waals surface area contributed by atoms with Crippen LogP contribution >= 0.6 is 0 Å². The third-order valence-corrected chi connectivity index (χ3v) is 8.64. The summed E-state index contributed by atoms with van der Waals surface area (Å²) >= 11 is 0. The number of aliphatic imine (C=N–C) groups is 1. The van der Waals surface area contributed by atoms with Crippen LogP contribution in [0.25, 0.3) is 22.4 Å². The van der Waals surface area contributed by atoms with E-state index in [0.29, 0.717) is 30.4 Å². The van der Waals surface area contributed by atoms with Crippen LogP contribution in [0.4, 0.5) is 4.39 Å². The summed E-state index contributed by atoms with van der Waals surface area (Å²) in [6.07, 6.45) is 5.96. The van der Waals surface area contributed by atoms with E-state index in [0.717, 1.165) is 67.6 Å². The molecule has 1 atom stereocenters. The quantitative estimate of drug-likeness (QED) is 0.521. The molecule has 2 saturated carbocycles. The number of benzene rings is 2. The fourth-order valence-corrected chi connectivity index (χ4v) is 6.03. The molecular weight excluding hydrogens is 481 g/mol. The molecule has 0 radical (unpaired) electrons. The summed E-state index contributed by atoms with van der Waals surface area (Å²) in [7, 11) is 1.91. The standard InChI is InChI=1S/C30H32FN5O2/c1-34-26(8-14-32-34)22-4-2-21(3-5-22)23-6-7-24(25(31)16-23)27-33-30(12-13-30)28(37)36(27)18-20-9-15-35(17-20)19-29(38)10-11-29/h2-8,14,16,20,38H,9-13,15,17-19H2,1H3. The van der Waals surface area contributed by atoms with Gasteiger partial charge in [0, 0.05) is 32.9 Å². The van der Waals surface area contributed by atoms with Crippen LogP contribution in [-0.4, -0.2) is 73.7 Å². The molecule has 1 saturated heterocycles. The van der Waals surface area contributed by atoms with Crippen molar-refractivity contribution in [1.29, 1.82) is 0 Å². The van der Waals surface area contributed by atoms with E-state index < -0.39 is 11.1 Å². The zero-order valence-electron chi connectivity index (χ0n) is 21.6. The molecule has 2 aliphatic heterocycles. The summed E-state index contributed by atoms with van der Waals surface area (Å²) in [4.78, 5) is 22.2. The van der Waals surface area contributed by atoms with Gasteiger partial charge in [-0.1, -0.05) is 30.3 Å². The van der Waals surface area contributed by atoms with Gasteiger partial charge < -0.3 is 10.0 Å². The highest BCUT2D eigenvalue weighted by Gasteiger charge is 2.58. The van der Waals surface area contributed by atoms with E-state index in [2.05, 4.69) is 10.00 Å². The number of aromatic nitrogens is 2. The van der Waals surface area contributed by atoms with Gasteiger partial charge in [0.15, 0.2) is 0 Å².